The van der Waals surface area contributed by atoms with Crippen LogP contribution < -0.4 is 5.63 Å². The summed E-state index contributed by atoms with van der Waals surface area (Å²) in [6.07, 6.45) is 0.304. The lowest BCUT2D eigenvalue weighted by atomic mass is 10.0. The smallest absolute Gasteiger partial charge is 0.339 e. The molecule has 1 aromatic heterocycles. The van der Waals surface area contributed by atoms with E-state index in [1.807, 2.05) is 24.3 Å². The second-order valence-corrected chi connectivity index (χ2v) is 7.50. The van der Waals surface area contributed by atoms with Gasteiger partial charge in [0.05, 0.1) is 6.42 Å². The summed E-state index contributed by atoms with van der Waals surface area (Å²) >= 11 is 0. The van der Waals surface area contributed by atoms with Crippen molar-refractivity contribution in [1.29, 1.82) is 0 Å². The topological polar surface area (TPSA) is 76.7 Å². The molecular weight excluding hydrogens is 344 g/mol. The van der Waals surface area contributed by atoms with Crippen LogP contribution in [0.3, 0.4) is 0 Å². The minimum absolute atomic E-state index is 0.0233. The average Bonchev–Trinajstić information content (AvgIpc) is 2.57. The van der Waals surface area contributed by atoms with Gasteiger partial charge in [-0.05, 0) is 44.5 Å². The number of fused-ring (bicyclic) bond motifs is 1. The molecular formula is C22H22O5. The number of esters is 1. The van der Waals surface area contributed by atoms with Crippen LogP contribution in [0.1, 0.15) is 37.5 Å². The van der Waals surface area contributed by atoms with Crippen LogP contribution in [0.2, 0.25) is 0 Å². The SMILES string of the molecule is CC(C)(C)OC(=O)Cc1cc(Cc2cc3ccccc3oc2=O)ccc1O. The van der Waals surface area contributed by atoms with Gasteiger partial charge in [0.25, 0.3) is 0 Å². The molecule has 140 valence electrons. The highest BCUT2D eigenvalue weighted by atomic mass is 16.6. The highest BCUT2D eigenvalue weighted by molar-refractivity contribution is 5.77. The van der Waals surface area contributed by atoms with Gasteiger partial charge in [-0.3, -0.25) is 4.79 Å². The second kappa shape index (κ2) is 7.27. The van der Waals surface area contributed by atoms with E-state index in [9.17, 15) is 14.7 Å². The molecule has 0 atom stereocenters. The number of phenolic OH excluding ortho intramolecular Hbond substituents is 1. The van der Waals surface area contributed by atoms with E-state index in [1.165, 1.54) is 6.07 Å². The van der Waals surface area contributed by atoms with E-state index in [2.05, 4.69) is 0 Å². The monoisotopic (exact) mass is 366 g/mol. The number of rotatable bonds is 4. The molecule has 5 heteroatoms. The Bertz CT molecular complexity index is 1040. The van der Waals surface area contributed by atoms with Crippen LogP contribution >= 0.6 is 0 Å². The molecule has 0 radical (unpaired) electrons. The van der Waals surface area contributed by atoms with Crippen molar-refractivity contribution in [3.05, 3.63) is 75.6 Å². The van der Waals surface area contributed by atoms with Gasteiger partial charge in [-0.1, -0.05) is 30.3 Å². The number of carbonyl (C=O) groups excluding carboxylic acids is 1. The first-order valence-electron chi connectivity index (χ1n) is 8.76. The lowest BCUT2D eigenvalue weighted by molar-refractivity contribution is -0.153. The van der Waals surface area contributed by atoms with E-state index in [4.69, 9.17) is 9.15 Å². The molecule has 3 aromatic rings. The van der Waals surface area contributed by atoms with Crippen LogP contribution in [0.25, 0.3) is 11.0 Å². The molecule has 1 heterocycles. The third-order valence-electron chi connectivity index (χ3n) is 4.01. The van der Waals surface area contributed by atoms with Gasteiger partial charge in [0.1, 0.15) is 16.9 Å². The highest BCUT2D eigenvalue weighted by Gasteiger charge is 2.18. The lowest BCUT2D eigenvalue weighted by Gasteiger charge is -2.19. The summed E-state index contributed by atoms with van der Waals surface area (Å²) in [5, 5.41) is 10.9. The molecule has 0 aliphatic carbocycles. The van der Waals surface area contributed by atoms with Crippen molar-refractivity contribution in [3.63, 3.8) is 0 Å². The quantitative estimate of drug-likeness (QED) is 0.558. The summed E-state index contributed by atoms with van der Waals surface area (Å²) < 4.78 is 10.7. The number of hydrogen-bond donors (Lipinski definition) is 1. The maximum Gasteiger partial charge on any atom is 0.339 e. The van der Waals surface area contributed by atoms with Gasteiger partial charge in [-0.2, -0.15) is 0 Å². The first kappa shape index (κ1) is 18.7. The first-order chi connectivity index (χ1) is 12.7. The Morgan fingerprint density at radius 1 is 1.07 bits per heavy atom. The summed E-state index contributed by atoms with van der Waals surface area (Å²) in [4.78, 5) is 24.3. The second-order valence-electron chi connectivity index (χ2n) is 7.50. The third kappa shape index (κ3) is 4.76. The van der Waals surface area contributed by atoms with Gasteiger partial charge in [0, 0.05) is 22.9 Å². The van der Waals surface area contributed by atoms with Crippen LogP contribution in [-0.4, -0.2) is 16.7 Å². The molecule has 1 N–H and O–H groups in total. The predicted molar refractivity (Wildman–Crippen MR) is 103 cm³/mol. The number of carbonyl (C=O) groups is 1. The zero-order valence-electron chi connectivity index (χ0n) is 15.6. The van der Waals surface area contributed by atoms with E-state index in [0.29, 0.717) is 23.1 Å². The summed E-state index contributed by atoms with van der Waals surface area (Å²) in [5.41, 5.74) is 1.34. The van der Waals surface area contributed by atoms with Crippen molar-refractivity contribution in [1.82, 2.24) is 0 Å². The zero-order chi connectivity index (χ0) is 19.6. The lowest BCUT2D eigenvalue weighted by Crippen LogP contribution is -2.25. The molecule has 0 aliphatic rings. The van der Waals surface area contributed by atoms with Crippen molar-refractivity contribution in [2.45, 2.75) is 39.2 Å². The minimum Gasteiger partial charge on any atom is -0.508 e. The molecule has 5 nitrogen and oxygen atoms in total. The van der Waals surface area contributed by atoms with Crippen LogP contribution in [-0.2, 0) is 22.4 Å². The molecule has 0 unspecified atom stereocenters. The number of benzene rings is 2. The molecule has 27 heavy (non-hydrogen) atoms. The van der Waals surface area contributed by atoms with Crippen LogP contribution in [0.5, 0.6) is 5.75 Å². The maximum absolute atomic E-state index is 12.2. The molecule has 0 amide bonds. The maximum atomic E-state index is 12.2. The Labute approximate surface area is 157 Å². The molecule has 0 aliphatic heterocycles. The molecule has 3 rings (SSSR count). The van der Waals surface area contributed by atoms with Gasteiger partial charge in [0.2, 0.25) is 0 Å². The molecule has 0 saturated heterocycles. The van der Waals surface area contributed by atoms with Gasteiger partial charge in [-0.25, -0.2) is 4.79 Å². The number of aromatic hydroxyl groups is 1. The molecule has 0 bridgehead atoms. The van der Waals surface area contributed by atoms with E-state index in [1.54, 1.807) is 39.0 Å². The van der Waals surface area contributed by atoms with Crippen molar-refractivity contribution in [3.8, 4) is 5.75 Å². The van der Waals surface area contributed by atoms with E-state index < -0.39 is 17.2 Å². The van der Waals surface area contributed by atoms with Crippen LogP contribution in [0.15, 0.2) is 57.7 Å². The summed E-state index contributed by atoms with van der Waals surface area (Å²) in [7, 11) is 0. The highest BCUT2D eigenvalue weighted by Crippen LogP contribution is 2.22. The molecule has 2 aromatic carbocycles. The number of para-hydroxylation sites is 1. The van der Waals surface area contributed by atoms with Crippen LogP contribution in [0, 0.1) is 0 Å². The van der Waals surface area contributed by atoms with Crippen molar-refractivity contribution in [2.24, 2.45) is 0 Å². The largest absolute Gasteiger partial charge is 0.508 e. The Morgan fingerprint density at radius 3 is 2.56 bits per heavy atom. The van der Waals surface area contributed by atoms with Crippen molar-refractivity contribution in [2.75, 3.05) is 0 Å². The number of phenols is 1. The Balaban J connectivity index is 1.85. The fourth-order valence-corrected chi connectivity index (χ4v) is 2.87. The van der Waals surface area contributed by atoms with E-state index in [0.717, 1.165) is 10.9 Å². The van der Waals surface area contributed by atoms with Gasteiger partial charge in [-0.15, -0.1) is 0 Å². The summed E-state index contributed by atoms with van der Waals surface area (Å²) in [5.74, 6) is -0.393. The first-order valence-corrected chi connectivity index (χ1v) is 8.76. The van der Waals surface area contributed by atoms with Gasteiger partial charge < -0.3 is 14.3 Å². The Morgan fingerprint density at radius 2 is 1.81 bits per heavy atom. The van der Waals surface area contributed by atoms with Crippen molar-refractivity contribution < 1.29 is 19.1 Å². The van der Waals surface area contributed by atoms with Crippen LogP contribution in [0.4, 0.5) is 0 Å². The van der Waals surface area contributed by atoms with Gasteiger partial charge in [0.15, 0.2) is 0 Å². The van der Waals surface area contributed by atoms with Crippen molar-refractivity contribution >= 4 is 16.9 Å². The zero-order valence-corrected chi connectivity index (χ0v) is 15.6. The molecule has 0 fully saturated rings. The average molecular weight is 366 g/mol. The normalized spacial score (nSPS) is 11.5. The fraction of sp³-hybridized carbons (Fsp3) is 0.273. The minimum atomic E-state index is -0.589. The Kier molecular flexibility index (Phi) is 5.04. The predicted octanol–water partition coefficient (Wildman–Crippen LogP) is 3.97. The van der Waals surface area contributed by atoms with E-state index in [-0.39, 0.29) is 12.2 Å². The number of hydrogen-bond acceptors (Lipinski definition) is 5. The summed E-state index contributed by atoms with van der Waals surface area (Å²) in [6.45, 7) is 5.38. The molecule has 0 spiro atoms. The molecule has 0 saturated carbocycles. The summed E-state index contributed by atoms with van der Waals surface area (Å²) in [6, 6.07) is 14.1. The standard InChI is InChI=1S/C22H22O5/c1-22(2,3)27-20(24)13-16-10-14(8-9-18(16)23)11-17-12-15-6-4-5-7-19(15)26-21(17)25/h4-10,12,23H,11,13H2,1-3H3. The Hall–Kier alpha value is -3.08. The third-order valence-corrected chi connectivity index (χ3v) is 4.01. The number of ether oxygens (including phenoxy) is 1. The van der Waals surface area contributed by atoms with E-state index >= 15 is 0 Å². The fourth-order valence-electron chi connectivity index (χ4n) is 2.87. The van der Waals surface area contributed by atoms with Gasteiger partial charge >= 0.3 is 11.6 Å².